The molecule has 5 heteroatoms. The van der Waals surface area contributed by atoms with Crippen LogP contribution in [0.5, 0.6) is 0 Å². The minimum absolute atomic E-state index is 0.210. The number of hydrogen-bond acceptors (Lipinski definition) is 2. The van der Waals surface area contributed by atoms with Crippen molar-refractivity contribution in [2.75, 3.05) is 0 Å². The number of fused-ring (bicyclic) bond motifs is 1. The lowest BCUT2D eigenvalue weighted by Gasteiger charge is -2.07. The minimum Gasteiger partial charge on any atom is -0.478 e. The summed E-state index contributed by atoms with van der Waals surface area (Å²) in [6.07, 6.45) is 0. The normalized spacial score (nSPS) is 10.8. The summed E-state index contributed by atoms with van der Waals surface area (Å²) in [4.78, 5) is 15.9. The van der Waals surface area contributed by atoms with Gasteiger partial charge in [0.05, 0.1) is 26.8 Å². The highest BCUT2D eigenvalue weighted by Crippen LogP contribution is 2.30. The number of pyridine rings is 1. The average molecular weight is 318 g/mol. The van der Waals surface area contributed by atoms with Crippen LogP contribution in [-0.2, 0) is 0 Å². The van der Waals surface area contributed by atoms with E-state index in [1.54, 1.807) is 42.5 Å². The first-order chi connectivity index (χ1) is 10.1. The molecule has 1 heterocycles. The second-order valence-electron chi connectivity index (χ2n) is 4.51. The lowest BCUT2D eigenvalue weighted by Crippen LogP contribution is -2.00. The van der Waals surface area contributed by atoms with E-state index in [9.17, 15) is 9.90 Å². The molecule has 1 N–H and O–H groups in total. The van der Waals surface area contributed by atoms with Crippen LogP contribution in [0.25, 0.3) is 22.2 Å². The number of hydrogen-bond donors (Lipinski definition) is 1. The van der Waals surface area contributed by atoms with Crippen LogP contribution in [0.1, 0.15) is 10.4 Å². The van der Waals surface area contributed by atoms with E-state index in [-0.39, 0.29) is 5.56 Å². The molecule has 21 heavy (non-hydrogen) atoms. The predicted octanol–water partition coefficient (Wildman–Crippen LogP) is 4.91. The van der Waals surface area contributed by atoms with Crippen LogP contribution >= 0.6 is 23.2 Å². The van der Waals surface area contributed by atoms with Crippen molar-refractivity contribution >= 4 is 40.1 Å². The predicted molar refractivity (Wildman–Crippen MR) is 84.2 cm³/mol. The fourth-order valence-electron chi connectivity index (χ4n) is 2.16. The van der Waals surface area contributed by atoms with Crippen molar-refractivity contribution in [3.8, 4) is 11.3 Å². The molecule has 0 radical (unpaired) electrons. The highest BCUT2D eigenvalue weighted by Gasteiger charge is 2.13. The Morgan fingerprint density at radius 2 is 1.76 bits per heavy atom. The van der Waals surface area contributed by atoms with Crippen molar-refractivity contribution in [3.63, 3.8) is 0 Å². The Bertz CT molecular complexity index is 862. The van der Waals surface area contributed by atoms with E-state index in [4.69, 9.17) is 23.2 Å². The number of aromatic nitrogens is 1. The van der Waals surface area contributed by atoms with Crippen molar-refractivity contribution in [2.24, 2.45) is 0 Å². The summed E-state index contributed by atoms with van der Waals surface area (Å²) in [6, 6.07) is 13.8. The zero-order chi connectivity index (χ0) is 15.0. The van der Waals surface area contributed by atoms with Crippen LogP contribution in [0.4, 0.5) is 0 Å². The van der Waals surface area contributed by atoms with Gasteiger partial charge in [-0.15, -0.1) is 0 Å². The van der Waals surface area contributed by atoms with E-state index < -0.39 is 5.97 Å². The SMILES string of the molecule is O=C(O)c1cc(-c2ccc(Cl)c(Cl)c2)nc2ccccc12. The number of carboxylic acid groups (broad SMARTS) is 1. The molecule has 0 atom stereocenters. The number of aromatic carboxylic acids is 1. The Morgan fingerprint density at radius 3 is 2.48 bits per heavy atom. The Kier molecular flexibility index (Phi) is 3.53. The van der Waals surface area contributed by atoms with Gasteiger partial charge in [-0.3, -0.25) is 0 Å². The molecule has 3 rings (SSSR count). The molecule has 0 bridgehead atoms. The molecule has 0 fully saturated rings. The summed E-state index contributed by atoms with van der Waals surface area (Å²) in [5.74, 6) is -0.991. The van der Waals surface area contributed by atoms with Gasteiger partial charge in [0, 0.05) is 10.9 Å². The summed E-state index contributed by atoms with van der Waals surface area (Å²) in [6.45, 7) is 0. The maximum absolute atomic E-state index is 11.4. The van der Waals surface area contributed by atoms with Crippen molar-refractivity contribution in [2.45, 2.75) is 0 Å². The highest BCUT2D eigenvalue weighted by molar-refractivity contribution is 6.42. The van der Waals surface area contributed by atoms with Crippen LogP contribution < -0.4 is 0 Å². The Balaban J connectivity index is 2.28. The quantitative estimate of drug-likeness (QED) is 0.730. The van der Waals surface area contributed by atoms with Gasteiger partial charge in [0.25, 0.3) is 0 Å². The first-order valence-corrected chi connectivity index (χ1v) is 6.90. The number of carboxylic acids is 1. The Hall–Kier alpha value is -2.10. The number of para-hydroxylation sites is 1. The molecule has 0 spiro atoms. The van der Waals surface area contributed by atoms with Crippen LogP contribution in [0.15, 0.2) is 48.5 Å². The summed E-state index contributed by atoms with van der Waals surface area (Å²) in [5, 5.41) is 10.8. The van der Waals surface area contributed by atoms with Gasteiger partial charge in [0.2, 0.25) is 0 Å². The summed E-state index contributed by atoms with van der Waals surface area (Å²) in [7, 11) is 0. The van der Waals surface area contributed by atoms with E-state index in [0.717, 1.165) is 5.56 Å². The molecule has 0 saturated heterocycles. The number of nitrogens with zero attached hydrogens (tertiary/aromatic N) is 1. The summed E-state index contributed by atoms with van der Waals surface area (Å²) < 4.78 is 0. The molecule has 104 valence electrons. The van der Waals surface area contributed by atoms with Gasteiger partial charge >= 0.3 is 5.97 Å². The van der Waals surface area contributed by atoms with Crippen LogP contribution in [0, 0.1) is 0 Å². The zero-order valence-corrected chi connectivity index (χ0v) is 12.2. The summed E-state index contributed by atoms with van der Waals surface area (Å²) >= 11 is 11.9. The van der Waals surface area contributed by atoms with Gasteiger partial charge < -0.3 is 5.11 Å². The van der Waals surface area contributed by atoms with Crippen molar-refractivity contribution in [3.05, 3.63) is 64.1 Å². The number of benzene rings is 2. The summed E-state index contributed by atoms with van der Waals surface area (Å²) in [5.41, 5.74) is 2.10. The fourth-order valence-corrected chi connectivity index (χ4v) is 2.45. The zero-order valence-electron chi connectivity index (χ0n) is 10.7. The molecule has 0 saturated carbocycles. The lowest BCUT2D eigenvalue weighted by atomic mass is 10.0. The van der Waals surface area contributed by atoms with Gasteiger partial charge in [0.15, 0.2) is 0 Å². The van der Waals surface area contributed by atoms with E-state index in [1.807, 2.05) is 6.07 Å². The third kappa shape index (κ3) is 2.58. The number of halogens is 2. The van der Waals surface area contributed by atoms with Crippen LogP contribution in [-0.4, -0.2) is 16.1 Å². The lowest BCUT2D eigenvalue weighted by molar-refractivity contribution is 0.0699. The van der Waals surface area contributed by atoms with Crippen LogP contribution in [0.3, 0.4) is 0 Å². The second-order valence-corrected chi connectivity index (χ2v) is 5.32. The van der Waals surface area contributed by atoms with Gasteiger partial charge in [-0.05, 0) is 24.3 Å². The average Bonchev–Trinajstić information content (AvgIpc) is 2.48. The van der Waals surface area contributed by atoms with Gasteiger partial charge in [-0.2, -0.15) is 0 Å². The van der Waals surface area contributed by atoms with Gasteiger partial charge in [-0.25, -0.2) is 9.78 Å². The molecular weight excluding hydrogens is 309 g/mol. The van der Waals surface area contributed by atoms with E-state index in [1.165, 1.54) is 0 Å². The van der Waals surface area contributed by atoms with Crippen LogP contribution in [0.2, 0.25) is 10.0 Å². The monoisotopic (exact) mass is 317 g/mol. The first-order valence-electron chi connectivity index (χ1n) is 6.15. The van der Waals surface area contributed by atoms with Crippen molar-refractivity contribution in [1.29, 1.82) is 0 Å². The molecule has 0 aliphatic heterocycles. The molecule has 0 aliphatic rings. The molecular formula is C16H9Cl2NO2. The maximum atomic E-state index is 11.4. The minimum atomic E-state index is -0.991. The number of rotatable bonds is 2. The Morgan fingerprint density at radius 1 is 1.00 bits per heavy atom. The third-order valence-electron chi connectivity index (χ3n) is 3.16. The number of carbonyl (C=O) groups is 1. The Labute approximate surface area is 130 Å². The van der Waals surface area contributed by atoms with Gasteiger partial charge in [0.1, 0.15) is 0 Å². The standard InChI is InChI=1S/C16H9Cl2NO2/c17-12-6-5-9(7-13(12)18)15-8-11(16(20)21)10-3-1-2-4-14(10)19-15/h1-8H,(H,20,21). The largest absolute Gasteiger partial charge is 0.478 e. The molecule has 2 aromatic carbocycles. The third-order valence-corrected chi connectivity index (χ3v) is 3.90. The smallest absolute Gasteiger partial charge is 0.336 e. The van der Waals surface area contributed by atoms with Crippen molar-refractivity contribution in [1.82, 2.24) is 4.98 Å². The van der Waals surface area contributed by atoms with E-state index >= 15 is 0 Å². The molecule has 0 aliphatic carbocycles. The highest BCUT2D eigenvalue weighted by atomic mass is 35.5. The topological polar surface area (TPSA) is 50.2 Å². The molecule has 1 aromatic heterocycles. The van der Waals surface area contributed by atoms with E-state index in [2.05, 4.69) is 4.98 Å². The molecule has 3 nitrogen and oxygen atoms in total. The van der Waals surface area contributed by atoms with Gasteiger partial charge in [-0.1, -0.05) is 47.5 Å². The van der Waals surface area contributed by atoms with Crippen molar-refractivity contribution < 1.29 is 9.90 Å². The molecule has 0 amide bonds. The maximum Gasteiger partial charge on any atom is 0.336 e. The first kappa shape index (κ1) is 13.9. The molecule has 3 aromatic rings. The molecule has 0 unspecified atom stereocenters. The van der Waals surface area contributed by atoms with E-state index in [0.29, 0.717) is 26.6 Å². The fraction of sp³-hybridized carbons (Fsp3) is 0. The second kappa shape index (κ2) is 5.35.